The molecule has 0 bridgehead atoms. The Bertz CT molecular complexity index is 1100. The zero-order chi connectivity index (χ0) is 24.2. The Morgan fingerprint density at radius 3 is 2.29 bits per heavy atom. The van der Waals surface area contributed by atoms with Gasteiger partial charge in [-0.3, -0.25) is 9.59 Å². The van der Waals surface area contributed by atoms with Gasteiger partial charge in [0.15, 0.2) is 0 Å². The lowest BCUT2D eigenvalue weighted by molar-refractivity contribution is -0.115. The predicted octanol–water partition coefficient (Wildman–Crippen LogP) is 5.56. The van der Waals surface area contributed by atoms with Gasteiger partial charge in [-0.1, -0.05) is 49.7 Å². The van der Waals surface area contributed by atoms with Crippen molar-refractivity contribution in [3.05, 3.63) is 90.0 Å². The smallest absolute Gasteiger partial charge is 0.338 e. The van der Waals surface area contributed by atoms with Crippen molar-refractivity contribution in [2.45, 2.75) is 31.1 Å². The number of hydrogen-bond donors (Lipinski definition) is 2. The van der Waals surface area contributed by atoms with Gasteiger partial charge in [0.05, 0.1) is 24.3 Å². The average Bonchev–Trinajstić information content (AvgIpc) is 2.84. The number of ether oxygens (including phenoxy) is 1. The van der Waals surface area contributed by atoms with E-state index in [4.69, 9.17) is 4.74 Å². The second kappa shape index (κ2) is 13.2. The molecule has 3 aromatic carbocycles. The third kappa shape index (κ3) is 8.41. The molecule has 34 heavy (non-hydrogen) atoms. The molecule has 6 nitrogen and oxygen atoms in total. The standard InChI is InChI=1S/C27H28N2O4S/c1-2-3-16-33-27(32)21-12-14-22(15-13-21)28-26(31)19-34-24-11-7-10-23(18-24)29-25(30)17-20-8-5-4-6-9-20/h4-15,18H,2-3,16-17,19H2,1H3,(H,28,31)(H,29,30). The van der Waals surface area contributed by atoms with E-state index >= 15 is 0 Å². The van der Waals surface area contributed by atoms with Crippen LogP contribution in [0.1, 0.15) is 35.7 Å². The van der Waals surface area contributed by atoms with E-state index in [-0.39, 0.29) is 23.5 Å². The molecule has 0 radical (unpaired) electrons. The van der Waals surface area contributed by atoms with Crippen LogP contribution in [-0.2, 0) is 20.7 Å². The highest BCUT2D eigenvalue weighted by atomic mass is 32.2. The zero-order valence-electron chi connectivity index (χ0n) is 19.1. The van der Waals surface area contributed by atoms with Crippen molar-refractivity contribution in [2.24, 2.45) is 0 Å². The first-order chi connectivity index (χ1) is 16.5. The number of amides is 2. The van der Waals surface area contributed by atoms with Gasteiger partial charge >= 0.3 is 5.97 Å². The molecule has 2 N–H and O–H groups in total. The number of rotatable bonds is 11. The molecule has 7 heteroatoms. The zero-order valence-corrected chi connectivity index (χ0v) is 19.9. The quantitative estimate of drug-likeness (QED) is 0.215. The number of benzene rings is 3. The van der Waals surface area contributed by atoms with E-state index in [0.717, 1.165) is 23.3 Å². The van der Waals surface area contributed by atoms with Crippen LogP contribution in [0, 0.1) is 0 Å². The molecule has 0 unspecified atom stereocenters. The maximum Gasteiger partial charge on any atom is 0.338 e. The summed E-state index contributed by atoms with van der Waals surface area (Å²) >= 11 is 1.37. The minimum atomic E-state index is -0.363. The molecule has 0 aliphatic rings. The molecular weight excluding hydrogens is 448 g/mol. The summed E-state index contributed by atoms with van der Waals surface area (Å²) in [6.45, 7) is 2.44. The average molecular weight is 477 g/mol. The van der Waals surface area contributed by atoms with Crippen molar-refractivity contribution in [3.8, 4) is 0 Å². The van der Waals surface area contributed by atoms with E-state index in [2.05, 4.69) is 10.6 Å². The molecule has 2 amide bonds. The molecule has 0 aliphatic heterocycles. The van der Waals surface area contributed by atoms with Gasteiger partial charge in [0.2, 0.25) is 11.8 Å². The Morgan fingerprint density at radius 1 is 0.824 bits per heavy atom. The van der Waals surface area contributed by atoms with Crippen LogP contribution in [-0.4, -0.2) is 30.1 Å². The first-order valence-corrected chi connectivity index (χ1v) is 12.2. The molecular formula is C27H28N2O4S. The number of thioether (sulfide) groups is 1. The molecule has 0 saturated heterocycles. The van der Waals surface area contributed by atoms with Crippen LogP contribution in [0.3, 0.4) is 0 Å². The highest BCUT2D eigenvalue weighted by Gasteiger charge is 2.09. The molecule has 0 fully saturated rings. The topological polar surface area (TPSA) is 84.5 Å². The molecule has 0 aliphatic carbocycles. The highest BCUT2D eigenvalue weighted by molar-refractivity contribution is 8.00. The van der Waals surface area contributed by atoms with Crippen LogP contribution >= 0.6 is 11.8 Å². The number of anilines is 2. The van der Waals surface area contributed by atoms with Crippen molar-refractivity contribution >= 4 is 40.9 Å². The molecule has 0 saturated carbocycles. The molecule has 3 aromatic rings. The Balaban J connectivity index is 1.45. The minimum Gasteiger partial charge on any atom is -0.462 e. The first-order valence-electron chi connectivity index (χ1n) is 11.2. The summed E-state index contributed by atoms with van der Waals surface area (Å²) in [4.78, 5) is 37.5. The molecule has 3 rings (SSSR count). The number of unbranched alkanes of at least 4 members (excludes halogenated alkanes) is 1. The lowest BCUT2D eigenvalue weighted by Gasteiger charge is -2.09. The molecule has 0 aromatic heterocycles. The number of hydrogen-bond acceptors (Lipinski definition) is 5. The predicted molar refractivity (Wildman–Crippen MR) is 136 cm³/mol. The van der Waals surface area contributed by atoms with Crippen LogP contribution in [0.15, 0.2) is 83.8 Å². The summed E-state index contributed by atoms with van der Waals surface area (Å²) < 4.78 is 5.18. The van der Waals surface area contributed by atoms with Gasteiger partial charge in [0.1, 0.15) is 0 Å². The lowest BCUT2D eigenvalue weighted by Crippen LogP contribution is -2.15. The minimum absolute atomic E-state index is 0.0937. The first kappa shape index (κ1) is 25.1. The number of esters is 1. The lowest BCUT2D eigenvalue weighted by atomic mass is 10.1. The fraction of sp³-hybridized carbons (Fsp3) is 0.222. The molecule has 0 heterocycles. The maximum absolute atomic E-state index is 12.4. The van der Waals surface area contributed by atoms with Crippen LogP contribution < -0.4 is 10.6 Å². The largest absolute Gasteiger partial charge is 0.462 e. The van der Waals surface area contributed by atoms with Crippen molar-refractivity contribution in [1.29, 1.82) is 0 Å². The van der Waals surface area contributed by atoms with Gasteiger partial charge in [-0.2, -0.15) is 0 Å². The number of carbonyl (C=O) groups is 3. The van der Waals surface area contributed by atoms with Gasteiger partial charge in [0, 0.05) is 16.3 Å². The summed E-state index contributed by atoms with van der Waals surface area (Å²) in [6, 6.07) is 23.6. The number of nitrogens with one attached hydrogen (secondary N) is 2. The van der Waals surface area contributed by atoms with Gasteiger partial charge in [-0.05, 0) is 54.4 Å². The van der Waals surface area contributed by atoms with Crippen molar-refractivity contribution in [3.63, 3.8) is 0 Å². The fourth-order valence-corrected chi connectivity index (χ4v) is 3.83. The van der Waals surface area contributed by atoms with E-state index in [1.807, 2.05) is 61.5 Å². The fourth-order valence-electron chi connectivity index (χ4n) is 3.08. The third-order valence-corrected chi connectivity index (χ3v) is 5.82. The summed E-state index contributed by atoms with van der Waals surface area (Å²) in [6.07, 6.45) is 2.10. The van der Waals surface area contributed by atoms with Crippen molar-refractivity contribution in [2.75, 3.05) is 23.0 Å². The molecule has 0 atom stereocenters. The second-order valence-electron chi connectivity index (χ2n) is 7.64. The Morgan fingerprint density at radius 2 is 1.56 bits per heavy atom. The summed E-state index contributed by atoms with van der Waals surface area (Å²) in [5.74, 6) is -0.411. The Kier molecular flexibility index (Phi) is 9.73. The highest BCUT2D eigenvalue weighted by Crippen LogP contribution is 2.22. The normalized spacial score (nSPS) is 10.4. The summed E-state index contributed by atoms with van der Waals surface area (Å²) in [7, 11) is 0. The monoisotopic (exact) mass is 476 g/mol. The van der Waals surface area contributed by atoms with Crippen LogP contribution in [0.4, 0.5) is 11.4 Å². The van der Waals surface area contributed by atoms with Gasteiger partial charge < -0.3 is 15.4 Å². The van der Waals surface area contributed by atoms with E-state index in [1.54, 1.807) is 24.3 Å². The number of carbonyl (C=O) groups excluding carboxylic acids is 3. The van der Waals surface area contributed by atoms with Gasteiger partial charge in [-0.25, -0.2) is 4.79 Å². The van der Waals surface area contributed by atoms with Crippen molar-refractivity contribution < 1.29 is 19.1 Å². The van der Waals surface area contributed by atoms with E-state index < -0.39 is 0 Å². The summed E-state index contributed by atoms with van der Waals surface area (Å²) in [5, 5.41) is 5.72. The van der Waals surface area contributed by atoms with Crippen LogP contribution in [0.2, 0.25) is 0 Å². The van der Waals surface area contributed by atoms with E-state index in [9.17, 15) is 14.4 Å². The molecule has 176 valence electrons. The van der Waals surface area contributed by atoms with E-state index in [1.165, 1.54) is 11.8 Å². The second-order valence-corrected chi connectivity index (χ2v) is 8.69. The Labute approximate surface area is 204 Å². The summed E-state index contributed by atoms with van der Waals surface area (Å²) in [5.41, 5.74) is 2.70. The van der Waals surface area contributed by atoms with Gasteiger partial charge in [0.25, 0.3) is 0 Å². The van der Waals surface area contributed by atoms with Crippen molar-refractivity contribution in [1.82, 2.24) is 0 Å². The Hall–Kier alpha value is -3.58. The van der Waals surface area contributed by atoms with Crippen LogP contribution in [0.5, 0.6) is 0 Å². The SMILES string of the molecule is CCCCOC(=O)c1ccc(NC(=O)CSc2cccc(NC(=O)Cc3ccccc3)c2)cc1. The van der Waals surface area contributed by atoms with Crippen LogP contribution in [0.25, 0.3) is 0 Å². The van der Waals surface area contributed by atoms with Gasteiger partial charge in [-0.15, -0.1) is 11.8 Å². The maximum atomic E-state index is 12.4. The third-order valence-electron chi connectivity index (χ3n) is 4.83. The van der Waals surface area contributed by atoms with E-state index in [0.29, 0.717) is 30.0 Å². The molecule has 0 spiro atoms.